The van der Waals surface area contributed by atoms with E-state index >= 15 is 0 Å². The van der Waals surface area contributed by atoms with Crippen LogP contribution in [0, 0.1) is 11.8 Å². The van der Waals surface area contributed by atoms with E-state index in [4.69, 9.17) is 0 Å². The summed E-state index contributed by atoms with van der Waals surface area (Å²) >= 11 is 0. The third kappa shape index (κ3) is 2.01. The minimum Gasteiger partial charge on any atom is -0.393 e. The van der Waals surface area contributed by atoms with Crippen LogP contribution in [0.25, 0.3) is 0 Å². The Bertz CT molecular complexity index is 639. The lowest BCUT2D eigenvalue weighted by Gasteiger charge is -2.17. The molecule has 3 unspecified atom stereocenters. The number of aromatic nitrogens is 1. The molecule has 104 valence electrons. The van der Waals surface area contributed by atoms with Gasteiger partial charge in [0.05, 0.1) is 6.10 Å². The lowest BCUT2D eigenvalue weighted by Crippen LogP contribution is -2.33. The van der Waals surface area contributed by atoms with Gasteiger partial charge in [-0.1, -0.05) is 0 Å². The first-order valence-electron chi connectivity index (χ1n) is 6.35. The molecule has 1 aromatic rings. The molecule has 1 aromatic heterocycles. The van der Waals surface area contributed by atoms with Gasteiger partial charge < -0.3 is 10.1 Å². The second kappa shape index (κ2) is 4.43. The van der Waals surface area contributed by atoms with Crippen molar-refractivity contribution in [3.05, 3.63) is 28.7 Å². The Morgan fingerprint density at radius 3 is 2.79 bits per heavy atom. The number of hydrogen-bond acceptors (Lipinski definition) is 4. The Hall–Kier alpha value is -1.18. The van der Waals surface area contributed by atoms with E-state index in [2.05, 4.69) is 4.98 Å². The standard InChI is InChI=1S/C12H16N2O4S/c15-10-2-1-8-6-14(7-9(8)10)19(17,18)12-5-13-4-3-11(12)16/h3-5,8-10,15H,1-2,6-7H2,(H,13,16). The third-order valence-electron chi connectivity index (χ3n) is 4.19. The zero-order valence-electron chi connectivity index (χ0n) is 10.3. The third-order valence-corrected chi connectivity index (χ3v) is 6.04. The fourth-order valence-electron chi connectivity index (χ4n) is 3.13. The van der Waals surface area contributed by atoms with Gasteiger partial charge in [0.1, 0.15) is 4.90 Å². The number of aliphatic hydroxyl groups excluding tert-OH is 1. The molecule has 7 heteroatoms. The normalized spacial score (nSPS) is 31.5. The lowest BCUT2D eigenvalue weighted by molar-refractivity contribution is 0.129. The molecule has 1 saturated heterocycles. The molecule has 19 heavy (non-hydrogen) atoms. The van der Waals surface area contributed by atoms with Crippen LogP contribution in [0.4, 0.5) is 0 Å². The Labute approximate surface area is 111 Å². The lowest BCUT2D eigenvalue weighted by atomic mass is 10.00. The van der Waals surface area contributed by atoms with Crippen LogP contribution in [0.15, 0.2) is 28.2 Å². The summed E-state index contributed by atoms with van der Waals surface area (Å²) in [5.41, 5.74) is -0.503. The van der Waals surface area contributed by atoms with Crippen molar-refractivity contribution in [3.8, 4) is 0 Å². The summed E-state index contributed by atoms with van der Waals surface area (Å²) in [5, 5.41) is 9.82. The maximum atomic E-state index is 12.4. The molecule has 0 radical (unpaired) electrons. The number of hydrogen-bond donors (Lipinski definition) is 2. The molecule has 0 aromatic carbocycles. The first kappa shape index (κ1) is 12.8. The SMILES string of the molecule is O=c1cc[nH]cc1S(=O)(=O)N1CC2CCC(O)C2C1. The minimum absolute atomic E-state index is 0.0116. The summed E-state index contributed by atoms with van der Waals surface area (Å²) in [6.45, 7) is 0.709. The summed E-state index contributed by atoms with van der Waals surface area (Å²) in [4.78, 5) is 14.1. The first-order chi connectivity index (χ1) is 9.00. The van der Waals surface area contributed by atoms with Gasteiger partial charge in [0.2, 0.25) is 15.5 Å². The molecule has 1 aliphatic carbocycles. The highest BCUT2D eigenvalue weighted by molar-refractivity contribution is 7.89. The maximum absolute atomic E-state index is 12.4. The molecule has 0 bridgehead atoms. The number of H-pyrrole nitrogens is 1. The summed E-state index contributed by atoms with van der Waals surface area (Å²) < 4.78 is 26.2. The average molecular weight is 284 g/mol. The smallest absolute Gasteiger partial charge is 0.248 e. The van der Waals surface area contributed by atoms with Crippen LogP contribution in [0.5, 0.6) is 0 Å². The number of aromatic amines is 1. The highest BCUT2D eigenvalue weighted by Crippen LogP contribution is 2.39. The largest absolute Gasteiger partial charge is 0.393 e. The minimum atomic E-state index is -3.76. The van der Waals surface area contributed by atoms with Crippen LogP contribution in [0.3, 0.4) is 0 Å². The van der Waals surface area contributed by atoms with E-state index in [0.29, 0.717) is 13.1 Å². The molecule has 1 aliphatic heterocycles. The van der Waals surface area contributed by atoms with Gasteiger partial charge in [0.25, 0.3) is 0 Å². The number of nitrogens with one attached hydrogen (secondary N) is 1. The van der Waals surface area contributed by atoms with Crippen LogP contribution in [0.1, 0.15) is 12.8 Å². The summed E-state index contributed by atoms with van der Waals surface area (Å²) in [7, 11) is -3.76. The fourth-order valence-corrected chi connectivity index (χ4v) is 4.71. The average Bonchev–Trinajstić information content (AvgIpc) is 2.93. The molecule has 2 heterocycles. The summed E-state index contributed by atoms with van der Waals surface area (Å²) in [6.07, 6.45) is 3.81. The van der Waals surface area contributed by atoms with Gasteiger partial charge in [-0.25, -0.2) is 8.42 Å². The number of fused-ring (bicyclic) bond motifs is 1. The number of rotatable bonds is 2. The van der Waals surface area contributed by atoms with Crippen LogP contribution in [0.2, 0.25) is 0 Å². The quantitative estimate of drug-likeness (QED) is 0.784. The van der Waals surface area contributed by atoms with Gasteiger partial charge >= 0.3 is 0 Å². The predicted octanol–water partition coefficient (Wildman–Crippen LogP) is -0.234. The first-order valence-corrected chi connectivity index (χ1v) is 7.79. The molecule has 0 spiro atoms. The zero-order valence-corrected chi connectivity index (χ0v) is 11.1. The van der Waals surface area contributed by atoms with Gasteiger partial charge in [0, 0.05) is 37.5 Å². The highest BCUT2D eigenvalue weighted by Gasteiger charge is 2.46. The van der Waals surface area contributed by atoms with Crippen molar-refractivity contribution in [2.45, 2.75) is 23.8 Å². The summed E-state index contributed by atoms with van der Waals surface area (Å²) in [5.74, 6) is 0.227. The monoisotopic (exact) mass is 284 g/mol. The van der Waals surface area contributed by atoms with Crippen molar-refractivity contribution in [2.24, 2.45) is 11.8 Å². The van der Waals surface area contributed by atoms with Crippen molar-refractivity contribution in [1.29, 1.82) is 0 Å². The topological polar surface area (TPSA) is 90.5 Å². The molecular formula is C12H16N2O4S. The molecule has 3 atom stereocenters. The van der Waals surface area contributed by atoms with Gasteiger partial charge in [-0.2, -0.15) is 4.31 Å². The van der Waals surface area contributed by atoms with E-state index in [-0.39, 0.29) is 16.7 Å². The second-order valence-electron chi connectivity index (χ2n) is 5.26. The summed E-state index contributed by atoms with van der Waals surface area (Å²) in [6, 6.07) is 1.21. The van der Waals surface area contributed by atoms with Gasteiger partial charge in [-0.3, -0.25) is 4.79 Å². The Kier molecular flexibility index (Phi) is 2.99. The molecule has 0 amide bonds. The molecule has 3 rings (SSSR count). The molecule has 2 aliphatic rings. The number of sulfonamides is 1. The van der Waals surface area contributed by atoms with Crippen molar-refractivity contribution < 1.29 is 13.5 Å². The molecule has 2 fully saturated rings. The highest BCUT2D eigenvalue weighted by atomic mass is 32.2. The predicted molar refractivity (Wildman–Crippen MR) is 68.0 cm³/mol. The van der Waals surface area contributed by atoms with Gasteiger partial charge in [-0.15, -0.1) is 0 Å². The Balaban J connectivity index is 1.91. The fraction of sp³-hybridized carbons (Fsp3) is 0.583. The van der Waals surface area contributed by atoms with E-state index in [1.807, 2.05) is 0 Å². The van der Waals surface area contributed by atoms with Crippen LogP contribution in [-0.4, -0.2) is 42.0 Å². The number of pyridine rings is 1. The van der Waals surface area contributed by atoms with Crippen LogP contribution >= 0.6 is 0 Å². The van der Waals surface area contributed by atoms with E-state index in [0.717, 1.165) is 12.8 Å². The zero-order chi connectivity index (χ0) is 13.6. The van der Waals surface area contributed by atoms with Gasteiger partial charge in [0.15, 0.2) is 0 Å². The Morgan fingerprint density at radius 1 is 1.32 bits per heavy atom. The number of aliphatic hydroxyl groups is 1. The van der Waals surface area contributed by atoms with E-state index < -0.39 is 21.6 Å². The molecule has 2 N–H and O–H groups in total. The van der Waals surface area contributed by atoms with Crippen molar-refractivity contribution >= 4 is 10.0 Å². The van der Waals surface area contributed by atoms with Crippen molar-refractivity contribution in [3.63, 3.8) is 0 Å². The molecule has 1 saturated carbocycles. The molecule has 6 nitrogen and oxygen atoms in total. The second-order valence-corrected chi connectivity index (χ2v) is 7.17. The van der Waals surface area contributed by atoms with Crippen LogP contribution in [-0.2, 0) is 10.0 Å². The number of nitrogens with zero attached hydrogens (tertiary/aromatic N) is 1. The van der Waals surface area contributed by atoms with Gasteiger partial charge in [-0.05, 0) is 18.8 Å². The molecular weight excluding hydrogens is 268 g/mol. The van der Waals surface area contributed by atoms with Crippen molar-refractivity contribution in [1.82, 2.24) is 9.29 Å². The van der Waals surface area contributed by atoms with Crippen molar-refractivity contribution in [2.75, 3.05) is 13.1 Å². The Morgan fingerprint density at radius 2 is 2.11 bits per heavy atom. The van der Waals surface area contributed by atoms with E-state index in [1.165, 1.54) is 22.8 Å². The van der Waals surface area contributed by atoms with Crippen LogP contribution < -0.4 is 5.43 Å². The maximum Gasteiger partial charge on any atom is 0.248 e. The van der Waals surface area contributed by atoms with E-state index in [9.17, 15) is 18.3 Å². The van der Waals surface area contributed by atoms with E-state index in [1.54, 1.807) is 0 Å².